The summed E-state index contributed by atoms with van der Waals surface area (Å²) in [6.07, 6.45) is 14.1. The molecule has 0 saturated heterocycles. The molecule has 1 amide bonds. The van der Waals surface area contributed by atoms with Crippen LogP contribution < -0.4 is 10.2 Å². The first kappa shape index (κ1) is 20.2. The number of carbonyl (C=O) groups excluding carboxylic acids is 1. The fourth-order valence-electron chi connectivity index (χ4n) is 3.78. The topological polar surface area (TPSA) is 83.9 Å². The minimum Gasteiger partial charge on any atom is -0.349 e. The van der Waals surface area contributed by atoms with E-state index in [4.69, 9.17) is 4.98 Å². The van der Waals surface area contributed by atoms with Gasteiger partial charge in [-0.25, -0.2) is 9.97 Å². The molecule has 1 aliphatic rings. The van der Waals surface area contributed by atoms with Crippen LogP contribution >= 0.6 is 0 Å². The van der Waals surface area contributed by atoms with Gasteiger partial charge in [-0.3, -0.25) is 14.8 Å². The van der Waals surface area contributed by atoms with Crippen molar-refractivity contribution in [2.45, 2.75) is 70.9 Å². The Hall–Kier alpha value is -2.57. The Morgan fingerprint density at radius 3 is 2.68 bits per heavy atom. The van der Waals surface area contributed by atoms with Gasteiger partial charge in [-0.2, -0.15) is 0 Å². The third-order valence-corrected chi connectivity index (χ3v) is 5.51. The molecule has 7 nitrogen and oxygen atoms in total. The van der Waals surface area contributed by atoms with E-state index in [0.717, 1.165) is 22.9 Å². The fourth-order valence-corrected chi connectivity index (χ4v) is 3.78. The number of nitrogens with zero attached hydrogens (tertiary/aromatic N) is 5. The quantitative estimate of drug-likeness (QED) is 0.792. The number of aromatic nitrogens is 4. The minimum absolute atomic E-state index is 0.0130. The predicted octanol–water partition coefficient (Wildman–Crippen LogP) is 3.15. The van der Waals surface area contributed by atoms with Crippen LogP contribution in [0.4, 0.5) is 5.95 Å². The van der Waals surface area contributed by atoms with Gasteiger partial charge in [-0.15, -0.1) is 0 Å². The molecule has 1 N–H and O–H groups in total. The van der Waals surface area contributed by atoms with Gasteiger partial charge in [0.15, 0.2) is 0 Å². The highest BCUT2D eigenvalue weighted by molar-refractivity contribution is 5.76. The molecule has 0 aliphatic heterocycles. The van der Waals surface area contributed by atoms with Crippen molar-refractivity contribution >= 4 is 11.9 Å². The Morgan fingerprint density at radius 2 is 2.00 bits per heavy atom. The van der Waals surface area contributed by atoms with Gasteiger partial charge in [0.2, 0.25) is 11.9 Å². The zero-order valence-electron chi connectivity index (χ0n) is 17.1. The largest absolute Gasteiger partial charge is 0.349 e. The van der Waals surface area contributed by atoms with Crippen molar-refractivity contribution in [3.05, 3.63) is 41.7 Å². The average Bonchev–Trinajstić information content (AvgIpc) is 2.73. The van der Waals surface area contributed by atoms with Crippen LogP contribution in [0.2, 0.25) is 0 Å². The Kier molecular flexibility index (Phi) is 6.90. The summed E-state index contributed by atoms with van der Waals surface area (Å²) in [6, 6.07) is 0.389. The summed E-state index contributed by atoms with van der Waals surface area (Å²) in [5.74, 6) is 0.760. The first-order valence-electron chi connectivity index (χ1n) is 10.1. The molecule has 0 radical (unpaired) electrons. The predicted molar refractivity (Wildman–Crippen MR) is 109 cm³/mol. The molecule has 2 aromatic heterocycles. The highest BCUT2D eigenvalue weighted by Gasteiger charge is 2.21. The third kappa shape index (κ3) is 5.24. The maximum Gasteiger partial charge on any atom is 0.225 e. The standard InChI is InChI=1S/C21H30N6O/c1-15(25-20(28)10-9-17-13-22-11-12-23-17)19-14-24-21(26-16(19)2)27(3)18-7-5-4-6-8-18/h11-15,18H,4-10H2,1-3H3,(H,25,28). The van der Waals surface area contributed by atoms with Gasteiger partial charge >= 0.3 is 0 Å². The number of hydrogen-bond acceptors (Lipinski definition) is 6. The van der Waals surface area contributed by atoms with E-state index in [-0.39, 0.29) is 11.9 Å². The average molecular weight is 383 g/mol. The van der Waals surface area contributed by atoms with E-state index in [1.807, 2.05) is 20.0 Å². The summed E-state index contributed by atoms with van der Waals surface area (Å²) in [5.41, 5.74) is 2.68. The van der Waals surface area contributed by atoms with E-state index in [1.165, 1.54) is 32.1 Å². The van der Waals surface area contributed by atoms with Crippen LogP contribution in [-0.2, 0) is 11.2 Å². The van der Waals surface area contributed by atoms with Gasteiger partial charge in [0.05, 0.1) is 11.7 Å². The zero-order chi connectivity index (χ0) is 19.9. The lowest BCUT2D eigenvalue weighted by Gasteiger charge is -2.31. The summed E-state index contributed by atoms with van der Waals surface area (Å²) in [7, 11) is 2.09. The fraction of sp³-hybridized carbons (Fsp3) is 0.571. The molecule has 28 heavy (non-hydrogen) atoms. The Bertz CT molecular complexity index is 776. The van der Waals surface area contributed by atoms with Crippen LogP contribution in [0.5, 0.6) is 0 Å². The minimum atomic E-state index is -0.136. The molecule has 2 heterocycles. The molecule has 1 saturated carbocycles. The van der Waals surface area contributed by atoms with Gasteiger partial charge < -0.3 is 10.2 Å². The molecule has 1 atom stereocenters. The number of aryl methyl sites for hydroxylation is 2. The van der Waals surface area contributed by atoms with Crippen LogP contribution in [0.15, 0.2) is 24.8 Å². The first-order valence-corrected chi connectivity index (χ1v) is 10.1. The molecule has 2 aromatic rings. The van der Waals surface area contributed by atoms with E-state index in [2.05, 4.69) is 32.2 Å². The maximum absolute atomic E-state index is 12.3. The van der Waals surface area contributed by atoms with Crippen molar-refractivity contribution in [3.63, 3.8) is 0 Å². The summed E-state index contributed by atoms with van der Waals surface area (Å²) in [6.45, 7) is 3.95. The zero-order valence-corrected chi connectivity index (χ0v) is 17.1. The van der Waals surface area contributed by atoms with E-state index >= 15 is 0 Å². The highest BCUT2D eigenvalue weighted by Crippen LogP contribution is 2.25. The smallest absolute Gasteiger partial charge is 0.225 e. The Morgan fingerprint density at radius 1 is 1.21 bits per heavy atom. The molecule has 150 valence electrons. The lowest BCUT2D eigenvalue weighted by molar-refractivity contribution is -0.121. The van der Waals surface area contributed by atoms with Crippen molar-refractivity contribution in [1.29, 1.82) is 0 Å². The second-order valence-corrected chi connectivity index (χ2v) is 7.60. The number of hydrogen-bond donors (Lipinski definition) is 1. The first-order chi connectivity index (χ1) is 13.5. The molecule has 1 aliphatic carbocycles. The van der Waals surface area contributed by atoms with Crippen molar-refractivity contribution in [1.82, 2.24) is 25.3 Å². The van der Waals surface area contributed by atoms with Gasteiger partial charge in [-0.05, 0) is 33.1 Å². The molecule has 1 fully saturated rings. The maximum atomic E-state index is 12.3. The number of amides is 1. The number of rotatable bonds is 7. The molecule has 0 bridgehead atoms. The van der Waals surface area contributed by atoms with Crippen LogP contribution in [-0.4, -0.2) is 38.9 Å². The molecule has 1 unspecified atom stereocenters. The van der Waals surface area contributed by atoms with E-state index in [0.29, 0.717) is 18.9 Å². The third-order valence-electron chi connectivity index (χ3n) is 5.51. The lowest BCUT2D eigenvalue weighted by Crippen LogP contribution is -2.35. The van der Waals surface area contributed by atoms with Gasteiger partial charge in [0.1, 0.15) is 0 Å². The second-order valence-electron chi connectivity index (χ2n) is 7.60. The lowest BCUT2D eigenvalue weighted by atomic mass is 9.95. The molecular formula is C21H30N6O. The normalized spacial score (nSPS) is 15.8. The van der Waals surface area contributed by atoms with E-state index in [1.54, 1.807) is 18.6 Å². The monoisotopic (exact) mass is 382 g/mol. The van der Waals surface area contributed by atoms with Crippen LogP contribution in [0.1, 0.15) is 68.4 Å². The summed E-state index contributed by atoms with van der Waals surface area (Å²) in [4.78, 5) is 32.0. The number of nitrogens with one attached hydrogen (secondary N) is 1. The molecule has 7 heteroatoms. The van der Waals surface area contributed by atoms with Gasteiger partial charge in [0, 0.05) is 55.6 Å². The SMILES string of the molecule is Cc1nc(N(C)C2CCCCC2)ncc1C(C)NC(=O)CCc1cnccn1. The van der Waals surface area contributed by atoms with Crippen molar-refractivity contribution < 1.29 is 4.79 Å². The van der Waals surface area contributed by atoms with Gasteiger partial charge in [0.25, 0.3) is 0 Å². The highest BCUT2D eigenvalue weighted by atomic mass is 16.1. The van der Waals surface area contributed by atoms with Gasteiger partial charge in [-0.1, -0.05) is 19.3 Å². The number of anilines is 1. The Labute approximate surface area is 167 Å². The molecule has 3 rings (SSSR count). The van der Waals surface area contributed by atoms with Crippen LogP contribution in [0, 0.1) is 6.92 Å². The van der Waals surface area contributed by atoms with Crippen LogP contribution in [0.25, 0.3) is 0 Å². The second kappa shape index (κ2) is 9.57. The Balaban J connectivity index is 1.57. The molecular weight excluding hydrogens is 352 g/mol. The van der Waals surface area contributed by atoms with Crippen molar-refractivity contribution in [2.24, 2.45) is 0 Å². The summed E-state index contributed by atoms with van der Waals surface area (Å²) in [5, 5.41) is 3.04. The number of carbonyl (C=O) groups is 1. The van der Waals surface area contributed by atoms with E-state index < -0.39 is 0 Å². The van der Waals surface area contributed by atoms with Crippen molar-refractivity contribution in [2.75, 3.05) is 11.9 Å². The summed E-state index contributed by atoms with van der Waals surface area (Å²) < 4.78 is 0. The van der Waals surface area contributed by atoms with E-state index in [9.17, 15) is 4.79 Å². The summed E-state index contributed by atoms with van der Waals surface area (Å²) >= 11 is 0. The molecule has 0 aromatic carbocycles. The molecule has 0 spiro atoms. The van der Waals surface area contributed by atoms with Crippen LogP contribution in [0.3, 0.4) is 0 Å². The van der Waals surface area contributed by atoms with Crippen molar-refractivity contribution in [3.8, 4) is 0 Å².